The lowest BCUT2D eigenvalue weighted by Gasteiger charge is -2.17. The van der Waals surface area contributed by atoms with Crippen LogP contribution in [0, 0.1) is 0 Å². The van der Waals surface area contributed by atoms with Gasteiger partial charge in [0.1, 0.15) is 5.82 Å². The first-order valence-corrected chi connectivity index (χ1v) is 10.7. The zero-order valence-electron chi connectivity index (χ0n) is 17.2. The van der Waals surface area contributed by atoms with Crippen LogP contribution >= 0.6 is 0 Å². The summed E-state index contributed by atoms with van der Waals surface area (Å²) in [5.41, 5.74) is 6.42. The number of carbonyl (C=O) groups excluding carboxylic acids is 2. The summed E-state index contributed by atoms with van der Waals surface area (Å²) in [4.78, 5) is 31.4. The van der Waals surface area contributed by atoms with Crippen LogP contribution in [0.2, 0.25) is 0 Å². The Kier molecular flexibility index (Phi) is 5.12. The number of hydrogen-bond acceptors (Lipinski definition) is 4. The molecule has 0 unspecified atom stereocenters. The number of benzene rings is 2. The minimum Gasteiger partial charge on any atom is -0.357 e. The van der Waals surface area contributed by atoms with Crippen LogP contribution in [0.15, 0.2) is 60.8 Å². The number of carbonyl (C=O) groups is 2. The van der Waals surface area contributed by atoms with Crippen molar-refractivity contribution >= 4 is 23.3 Å². The van der Waals surface area contributed by atoms with Crippen molar-refractivity contribution < 1.29 is 9.59 Å². The molecule has 1 saturated heterocycles. The van der Waals surface area contributed by atoms with Crippen molar-refractivity contribution in [3.8, 4) is 11.1 Å². The molecule has 2 N–H and O–H groups in total. The number of pyridine rings is 1. The molecule has 6 nitrogen and oxygen atoms in total. The van der Waals surface area contributed by atoms with Gasteiger partial charge in [0.25, 0.3) is 0 Å². The summed E-state index contributed by atoms with van der Waals surface area (Å²) in [5, 5.41) is 5.43. The third kappa shape index (κ3) is 4.01. The van der Waals surface area contributed by atoms with E-state index in [0.29, 0.717) is 5.69 Å². The number of rotatable bonds is 4. The smallest absolute Gasteiger partial charge is 0.313 e. The van der Waals surface area contributed by atoms with E-state index in [4.69, 9.17) is 0 Å². The normalized spacial score (nSPS) is 14.1. The van der Waals surface area contributed by atoms with E-state index >= 15 is 0 Å². The number of nitrogens with one attached hydrogen (secondary N) is 2. The summed E-state index contributed by atoms with van der Waals surface area (Å²) in [7, 11) is 0. The Balaban J connectivity index is 1.19. The molecule has 2 aromatic carbocycles. The van der Waals surface area contributed by atoms with E-state index in [2.05, 4.69) is 32.7 Å². The second-order valence-electron chi connectivity index (χ2n) is 8.06. The van der Waals surface area contributed by atoms with Gasteiger partial charge in [0.2, 0.25) is 0 Å². The van der Waals surface area contributed by atoms with Gasteiger partial charge in [0.05, 0.1) is 0 Å². The topological polar surface area (TPSA) is 74.3 Å². The summed E-state index contributed by atoms with van der Waals surface area (Å²) in [6.07, 6.45) is 4.94. The van der Waals surface area contributed by atoms with Crippen LogP contribution in [0.4, 0.5) is 11.5 Å². The molecule has 2 amide bonds. The van der Waals surface area contributed by atoms with Gasteiger partial charge in [0.15, 0.2) is 0 Å². The highest BCUT2D eigenvalue weighted by atomic mass is 16.2. The van der Waals surface area contributed by atoms with E-state index < -0.39 is 11.8 Å². The van der Waals surface area contributed by atoms with Crippen LogP contribution in [0.3, 0.4) is 0 Å². The van der Waals surface area contributed by atoms with Crippen LogP contribution in [-0.2, 0) is 22.6 Å². The number of fused-ring (bicyclic) bond motifs is 3. The van der Waals surface area contributed by atoms with E-state index in [1.165, 1.54) is 29.5 Å². The molecule has 1 aliphatic heterocycles. The maximum absolute atomic E-state index is 12.4. The third-order valence-corrected chi connectivity index (χ3v) is 5.95. The molecule has 1 aromatic heterocycles. The third-order valence-electron chi connectivity index (χ3n) is 5.95. The quantitative estimate of drug-likeness (QED) is 0.503. The SMILES string of the molecule is O=C(NCc1ccnc(N2CCCC2)c1)C(=O)Nc1ccc2c(c1)Cc1ccccc1-2. The van der Waals surface area contributed by atoms with E-state index in [9.17, 15) is 9.59 Å². The maximum atomic E-state index is 12.4. The highest BCUT2D eigenvalue weighted by Gasteiger charge is 2.20. The molecule has 0 atom stereocenters. The number of aromatic nitrogens is 1. The zero-order valence-corrected chi connectivity index (χ0v) is 17.2. The van der Waals surface area contributed by atoms with Gasteiger partial charge < -0.3 is 15.5 Å². The zero-order chi connectivity index (χ0) is 21.2. The number of amides is 2. The lowest BCUT2D eigenvalue weighted by Crippen LogP contribution is -2.35. The first-order chi connectivity index (χ1) is 15.2. The summed E-state index contributed by atoms with van der Waals surface area (Å²) in [6, 6.07) is 17.9. The first kappa shape index (κ1) is 19.3. The fourth-order valence-electron chi connectivity index (χ4n) is 4.36. The van der Waals surface area contributed by atoms with E-state index in [0.717, 1.165) is 36.5 Å². The van der Waals surface area contributed by atoms with Gasteiger partial charge in [-0.15, -0.1) is 0 Å². The molecule has 0 radical (unpaired) electrons. The van der Waals surface area contributed by atoms with Crippen molar-refractivity contribution in [2.75, 3.05) is 23.3 Å². The van der Waals surface area contributed by atoms with Gasteiger partial charge >= 0.3 is 11.8 Å². The molecule has 156 valence electrons. The molecule has 2 heterocycles. The molecular weight excluding hydrogens is 388 g/mol. The van der Waals surface area contributed by atoms with E-state index in [1.807, 2.05) is 42.5 Å². The molecular formula is C25H24N4O2. The second-order valence-corrected chi connectivity index (χ2v) is 8.06. The van der Waals surface area contributed by atoms with Crippen molar-refractivity contribution in [3.05, 3.63) is 77.5 Å². The van der Waals surface area contributed by atoms with Gasteiger partial charge in [-0.3, -0.25) is 9.59 Å². The van der Waals surface area contributed by atoms with E-state index in [-0.39, 0.29) is 6.54 Å². The number of nitrogens with zero attached hydrogens (tertiary/aromatic N) is 2. The summed E-state index contributed by atoms with van der Waals surface area (Å²) < 4.78 is 0. The molecule has 1 fully saturated rings. The standard InChI is InChI=1S/C25H24N4O2/c30-24(27-16-17-9-10-26-23(13-17)29-11-3-4-12-29)25(31)28-20-7-8-22-19(15-20)14-18-5-1-2-6-21(18)22/h1-2,5-10,13,15H,3-4,11-12,14,16H2,(H,27,30)(H,28,31). The predicted molar refractivity (Wildman–Crippen MR) is 121 cm³/mol. The average molecular weight is 412 g/mol. The van der Waals surface area contributed by atoms with Crippen LogP contribution in [0.1, 0.15) is 29.5 Å². The van der Waals surface area contributed by atoms with E-state index in [1.54, 1.807) is 6.20 Å². The van der Waals surface area contributed by atoms with Crippen molar-refractivity contribution in [1.29, 1.82) is 0 Å². The molecule has 1 aliphatic carbocycles. The molecule has 0 bridgehead atoms. The Bertz CT molecular complexity index is 1150. The summed E-state index contributed by atoms with van der Waals surface area (Å²) in [5.74, 6) is -0.388. The maximum Gasteiger partial charge on any atom is 0.313 e. The van der Waals surface area contributed by atoms with Gasteiger partial charge in [-0.1, -0.05) is 30.3 Å². The number of anilines is 2. The Morgan fingerprint density at radius 3 is 2.58 bits per heavy atom. The Morgan fingerprint density at radius 1 is 0.903 bits per heavy atom. The van der Waals surface area contributed by atoms with Crippen LogP contribution < -0.4 is 15.5 Å². The molecule has 0 spiro atoms. The molecule has 3 aromatic rings. The molecule has 0 saturated carbocycles. The fraction of sp³-hybridized carbons (Fsp3) is 0.240. The van der Waals surface area contributed by atoms with Crippen molar-refractivity contribution in [2.45, 2.75) is 25.8 Å². The minimum absolute atomic E-state index is 0.287. The van der Waals surface area contributed by atoms with Crippen LogP contribution in [0.25, 0.3) is 11.1 Å². The molecule has 2 aliphatic rings. The van der Waals surface area contributed by atoms with Crippen molar-refractivity contribution in [2.24, 2.45) is 0 Å². The van der Waals surface area contributed by atoms with Gasteiger partial charge in [-0.25, -0.2) is 4.98 Å². The van der Waals surface area contributed by atoms with Crippen LogP contribution in [0.5, 0.6) is 0 Å². The van der Waals surface area contributed by atoms with Gasteiger partial charge in [-0.05, 0) is 71.3 Å². The lowest BCUT2D eigenvalue weighted by molar-refractivity contribution is -0.136. The lowest BCUT2D eigenvalue weighted by atomic mass is 10.1. The van der Waals surface area contributed by atoms with Crippen LogP contribution in [-0.4, -0.2) is 29.9 Å². The summed E-state index contributed by atoms with van der Waals surface area (Å²) in [6.45, 7) is 2.31. The highest BCUT2D eigenvalue weighted by molar-refractivity contribution is 6.39. The average Bonchev–Trinajstić information content (AvgIpc) is 3.45. The molecule has 5 rings (SSSR count). The highest BCUT2D eigenvalue weighted by Crippen LogP contribution is 2.37. The molecule has 6 heteroatoms. The fourth-order valence-corrected chi connectivity index (χ4v) is 4.36. The molecule has 31 heavy (non-hydrogen) atoms. The Hall–Kier alpha value is -3.67. The Labute approximate surface area is 181 Å². The first-order valence-electron chi connectivity index (χ1n) is 10.7. The minimum atomic E-state index is -0.663. The van der Waals surface area contributed by atoms with Gasteiger partial charge in [-0.2, -0.15) is 0 Å². The van der Waals surface area contributed by atoms with Crippen molar-refractivity contribution in [1.82, 2.24) is 10.3 Å². The van der Waals surface area contributed by atoms with Gasteiger partial charge in [0, 0.05) is 31.5 Å². The van der Waals surface area contributed by atoms with Crippen molar-refractivity contribution in [3.63, 3.8) is 0 Å². The second kappa shape index (κ2) is 8.22. The largest absolute Gasteiger partial charge is 0.357 e. The summed E-state index contributed by atoms with van der Waals surface area (Å²) >= 11 is 0. The predicted octanol–water partition coefficient (Wildman–Crippen LogP) is 3.51. The number of hydrogen-bond donors (Lipinski definition) is 2. The monoisotopic (exact) mass is 412 g/mol. The Morgan fingerprint density at radius 2 is 1.71 bits per heavy atom.